The molecule has 2 rings (SSSR count). The highest BCUT2D eigenvalue weighted by Gasteiger charge is 2.18. The number of hydrazine groups is 1. The molecule has 2 aromatic carbocycles. The van der Waals surface area contributed by atoms with E-state index in [9.17, 15) is 9.59 Å². The fourth-order valence-electron chi connectivity index (χ4n) is 2.12. The van der Waals surface area contributed by atoms with Crippen molar-refractivity contribution in [1.82, 2.24) is 10.9 Å². The van der Waals surface area contributed by atoms with Gasteiger partial charge in [-0.15, -0.1) is 0 Å². The number of hydrogen-bond acceptors (Lipinski definition) is 2. The predicted molar refractivity (Wildman–Crippen MR) is 81.5 cm³/mol. The summed E-state index contributed by atoms with van der Waals surface area (Å²) in [6.07, 6.45) is 0.664. The van der Waals surface area contributed by atoms with E-state index in [1.54, 1.807) is 24.3 Å². The topological polar surface area (TPSA) is 58.2 Å². The fourth-order valence-corrected chi connectivity index (χ4v) is 2.12. The summed E-state index contributed by atoms with van der Waals surface area (Å²) < 4.78 is 0. The lowest BCUT2D eigenvalue weighted by molar-refractivity contribution is -0.123. The molecule has 0 saturated heterocycles. The van der Waals surface area contributed by atoms with Crippen LogP contribution >= 0.6 is 0 Å². The van der Waals surface area contributed by atoms with Crippen LogP contribution in [0, 0.1) is 0 Å². The maximum Gasteiger partial charge on any atom is 0.269 e. The maximum absolute atomic E-state index is 12.2. The summed E-state index contributed by atoms with van der Waals surface area (Å²) in [7, 11) is 0. The van der Waals surface area contributed by atoms with Crippen LogP contribution in [0.1, 0.15) is 35.2 Å². The van der Waals surface area contributed by atoms with Gasteiger partial charge in [0.2, 0.25) is 5.91 Å². The van der Waals surface area contributed by atoms with Gasteiger partial charge in [-0.2, -0.15) is 0 Å². The summed E-state index contributed by atoms with van der Waals surface area (Å²) >= 11 is 0. The molecule has 1 atom stereocenters. The Morgan fingerprint density at radius 3 is 2.05 bits per heavy atom. The normalized spacial score (nSPS) is 11.5. The minimum atomic E-state index is -0.327. The first-order valence-electron chi connectivity index (χ1n) is 6.92. The Kier molecular flexibility index (Phi) is 5.10. The van der Waals surface area contributed by atoms with Crippen LogP contribution in [-0.2, 0) is 4.79 Å². The zero-order chi connectivity index (χ0) is 15.1. The molecule has 0 aliphatic rings. The molecule has 4 nitrogen and oxygen atoms in total. The Labute approximate surface area is 124 Å². The Morgan fingerprint density at radius 2 is 1.48 bits per heavy atom. The lowest BCUT2D eigenvalue weighted by Gasteiger charge is -2.15. The van der Waals surface area contributed by atoms with E-state index in [2.05, 4.69) is 10.9 Å². The number of carbonyl (C=O) groups excluding carboxylic acids is 2. The summed E-state index contributed by atoms with van der Waals surface area (Å²) in [6, 6.07) is 18.3. The monoisotopic (exact) mass is 282 g/mol. The van der Waals surface area contributed by atoms with Gasteiger partial charge in [0.25, 0.3) is 5.91 Å². The van der Waals surface area contributed by atoms with Crippen molar-refractivity contribution >= 4 is 11.8 Å². The number of carbonyl (C=O) groups is 2. The molecule has 0 aromatic heterocycles. The van der Waals surface area contributed by atoms with Crippen LogP contribution in [0.5, 0.6) is 0 Å². The highest BCUT2D eigenvalue weighted by molar-refractivity contribution is 5.96. The van der Waals surface area contributed by atoms with Gasteiger partial charge in [-0.25, -0.2) is 0 Å². The van der Waals surface area contributed by atoms with Crippen molar-refractivity contribution in [2.45, 2.75) is 19.3 Å². The average Bonchev–Trinajstić information content (AvgIpc) is 2.55. The molecule has 0 heterocycles. The lowest BCUT2D eigenvalue weighted by Crippen LogP contribution is -2.43. The zero-order valence-corrected chi connectivity index (χ0v) is 11.9. The summed E-state index contributed by atoms with van der Waals surface area (Å²) in [5, 5.41) is 0. The first-order chi connectivity index (χ1) is 10.2. The first kappa shape index (κ1) is 14.8. The number of nitrogens with one attached hydrogen (secondary N) is 2. The largest absolute Gasteiger partial charge is 0.273 e. The molecule has 108 valence electrons. The third-order valence-corrected chi connectivity index (χ3v) is 3.26. The van der Waals surface area contributed by atoms with Crippen LogP contribution in [0.25, 0.3) is 0 Å². The van der Waals surface area contributed by atoms with E-state index in [-0.39, 0.29) is 17.7 Å². The summed E-state index contributed by atoms with van der Waals surface area (Å²) in [4.78, 5) is 24.1. The molecule has 0 spiro atoms. The Morgan fingerprint density at radius 1 is 0.905 bits per heavy atom. The Hall–Kier alpha value is -2.62. The quantitative estimate of drug-likeness (QED) is 0.847. The third kappa shape index (κ3) is 3.92. The van der Waals surface area contributed by atoms with E-state index in [1.165, 1.54) is 0 Å². The molecule has 0 saturated carbocycles. The number of benzene rings is 2. The van der Waals surface area contributed by atoms with E-state index in [4.69, 9.17) is 0 Å². The highest BCUT2D eigenvalue weighted by Crippen LogP contribution is 2.18. The van der Waals surface area contributed by atoms with Crippen molar-refractivity contribution in [2.75, 3.05) is 0 Å². The van der Waals surface area contributed by atoms with Crippen LogP contribution in [-0.4, -0.2) is 11.8 Å². The van der Waals surface area contributed by atoms with Gasteiger partial charge in [-0.1, -0.05) is 55.5 Å². The van der Waals surface area contributed by atoms with Crippen LogP contribution in [0.2, 0.25) is 0 Å². The second-order valence-electron chi connectivity index (χ2n) is 4.68. The Bertz CT molecular complexity index is 597. The second kappa shape index (κ2) is 7.24. The average molecular weight is 282 g/mol. The second-order valence-corrected chi connectivity index (χ2v) is 4.68. The van der Waals surface area contributed by atoms with E-state index in [0.717, 1.165) is 5.56 Å². The molecular formula is C17H18N2O2. The van der Waals surface area contributed by atoms with Gasteiger partial charge < -0.3 is 0 Å². The van der Waals surface area contributed by atoms with Crippen molar-refractivity contribution in [3.8, 4) is 0 Å². The van der Waals surface area contributed by atoms with Gasteiger partial charge in [0.05, 0.1) is 5.92 Å². The molecule has 2 amide bonds. The molecule has 0 fully saturated rings. The molecule has 0 radical (unpaired) electrons. The van der Waals surface area contributed by atoms with E-state index >= 15 is 0 Å². The predicted octanol–water partition coefficient (Wildman–Crippen LogP) is 2.64. The molecule has 0 aliphatic carbocycles. The van der Waals surface area contributed by atoms with Crippen molar-refractivity contribution in [3.63, 3.8) is 0 Å². The van der Waals surface area contributed by atoms with Gasteiger partial charge in [-0.3, -0.25) is 20.4 Å². The number of rotatable bonds is 4. The van der Waals surface area contributed by atoms with Gasteiger partial charge in [-0.05, 0) is 24.1 Å². The summed E-state index contributed by atoms with van der Waals surface area (Å²) in [6.45, 7) is 1.94. The molecule has 2 N–H and O–H groups in total. The summed E-state index contributed by atoms with van der Waals surface area (Å²) in [5.74, 6) is -0.817. The van der Waals surface area contributed by atoms with Gasteiger partial charge in [0.1, 0.15) is 0 Å². The first-order valence-corrected chi connectivity index (χ1v) is 6.92. The van der Waals surface area contributed by atoms with Crippen molar-refractivity contribution in [1.29, 1.82) is 0 Å². The maximum atomic E-state index is 12.2. The van der Waals surface area contributed by atoms with Crippen molar-refractivity contribution in [3.05, 3.63) is 71.8 Å². The smallest absolute Gasteiger partial charge is 0.269 e. The minimum Gasteiger partial charge on any atom is -0.273 e. The van der Waals surface area contributed by atoms with Crippen molar-refractivity contribution < 1.29 is 9.59 Å². The molecule has 0 aliphatic heterocycles. The van der Waals surface area contributed by atoms with Gasteiger partial charge in [0, 0.05) is 5.56 Å². The molecule has 0 bridgehead atoms. The molecule has 2 aromatic rings. The van der Waals surface area contributed by atoms with Crippen LogP contribution in [0.15, 0.2) is 60.7 Å². The van der Waals surface area contributed by atoms with Gasteiger partial charge >= 0.3 is 0 Å². The van der Waals surface area contributed by atoms with Crippen LogP contribution in [0.4, 0.5) is 0 Å². The third-order valence-electron chi connectivity index (χ3n) is 3.26. The number of hydrogen-bond donors (Lipinski definition) is 2. The highest BCUT2D eigenvalue weighted by atomic mass is 16.2. The lowest BCUT2D eigenvalue weighted by atomic mass is 9.96. The van der Waals surface area contributed by atoms with Crippen LogP contribution < -0.4 is 10.9 Å². The molecular weight excluding hydrogens is 264 g/mol. The zero-order valence-electron chi connectivity index (χ0n) is 11.9. The minimum absolute atomic E-state index is 0.215. The fraction of sp³-hybridized carbons (Fsp3) is 0.176. The van der Waals surface area contributed by atoms with Crippen LogP contribution in [0.3, 0.4) is 0 Å². The van der Waals surface area contributed by atoms with Gasteiger partial charge in [0.15, 0.2) is 0 Å². The van der Waals surface area contributed by atoms with E-state index < -0.39 is 0 Å². The van der Waals surface area contributed by atoms with E-state index in [1.807, 2.05) is 43.3 Å². The SMILES string of the molecule is CCC(C(=O)NNC(=O)c1ccccc1)c1ccccc1. The van der Waals surface area contributed by atoms with E-state index in [0.29, 0.717) is 12.0 Å². The number of amides is 2. The molecule has 21 heavy (non-hydrogen) atoms. The standard InChI is InChI=1S/C17H18N2O2/c1-2-15(13-9-5-3-6-10-13)17(21)19-18-16(20)14-11-7-4-8-12-14/h3-12,15H,2H2,1H3,(H,18,20)(H,19,21). The Balaban J connectivity index is 1.96. The molecule has 1 unspecified atom stereocenters. The van der Waals surface area contributed by atoms with Crippen molar-refractivity contribution in [2.24, 2.45) is 0 Å². The summed E-state index contributed by atoms with van der Waals surface area (Å²) in [5.41, 5.74) is 6.38. The molecule has 4 heteroatoms.